The molecule has 0 aliphatic rings. The highest BCUT2D eigenvalue weighted by Crippen LogP contribution is 2.17. The molecule has 0 spiro atoms. The minimum atomic E-state index is -0.186. The van der Waals surface area contributed by atoms with Crippen molar-refractivity contribution in [2.75, 3.05) is 0 Å². The van der Waals surface area contributed by atoms with Crippen molar-refractivity contribution < 1.29 is 9.90 Å². The molecule has 0 bridgehead atoms. The van der Waals surface area contributed by atoms with E-state index in [-0.39, 0.29) is 11.7 Å². The van der Waals surface area contributed by atoms with Crippen LogP contribution in [0.1, 0.15) is 36.6 Å². The number of carbonyl (C=O) groups is 1. The van der Waals surface area contributed by atoms with Crippen LogP contribution in [0.15, 0.2) is 54.9 Å². The number of hydrogen-bond donors (Lipinski definition) is 2. The lowest BCUT2D eigenvalue weighted by molar-refractivity contribution is -0.116. The zero-order valence-corrected chi connectivity index (χ0v) is 14.3. The van der Waals surface area contributed by atoms with Crippen molar-refractivity contribution in [2.24, 2.45) is 0 Å². The van der Waals surface area contributed by atoms with E-state index in [2.05, 4.69) is 36.3 Å². The van der Waals surface area contributed by atoms with E-state index in [1.165, 1.54) is 11.6 Å². The molecule has 0 radical (unpaired) electrons. The number of nitrogens with one attached hydrogen (secondary N) is 1. The first-order chi connectivity index (χ1) is 12.0. The summed E-state index contributed by atoms with van der Waals surface area (Å²) in [6, 6.07) is 11.5. The Morgan fingerprint density at radius 2 is 2.04 bits per heavy atom. The molecule has 25 heavy (non-hydrogen) atoms. The van der Waals surface area contributed by atoms with Crippen molar-refractivity contribution in [1.29, 1.82) is 0 Å². The molecule has 0 saturated heterocycles. The van der Waals surface area contributed by atoms with Gasteiger partial charge in [0.2, 0.25) is 5.91 Å². The predicted molar refractivity (Wildman–Crippen MR) is 98.3 cm³/mol. The minimum absolute atomic E-state index is 0.116. The molecule has 5 nitrogen and oxygen atoms in total. The Kier molecular flexibility index (Phi) is 4.84. The second kappa shape index (κ2) is 7.21. The number of hydrogen-bond acceptors (Lipinski definition) is 3. The molecule has 0 fully saturated rings. The van der Waals surface area contributed by atoms with Crippen LogP contribution < -0.4 is 5.32 Å². The first-order valence-electron chi connectivity index (χ1n) is 8.24. The molecule has 0 aliphatic heterocycles. The van der Waals surface area contributed by atoms with Gasteiger partial charge in [-0.2, -0.15) is 0 Å². The number of aromatic nitrogens is 2. The van der Waals surface area contributed by atoms with Gasteiger partial charge in [-0.1, -0.05) is 38.1 Å². The third kappa shape index (κ3) is 4.07. The molecular formula is C20H21N3O2. The van der Waals surface area contributed by atoms with E-state index < -0.39 is 0 Å². The minimum Gasteiger partial charge on any atom is -0.504 e. The molecule has 0 atom stereocenters. The van der Waals surface area contributed by atoms with Gasteiger partial charge in [0.05, 0.1) is 12.2 Å². The second-order valence-electron chi connectivity index (χ2n) is 6.23. The molecule has 1 aromatic carbocycles. The number of rotatable bonds is 5. The van der Waals surface area contributed by atoms with Gasteiger partial charge in [0.1, 0.15) is 0 Å². The number of carbonyl (C=O) groups excluding carboxylic acids is 1. The summed E-state index contributed by atoms with van der Waals surface area (Å²) in [7, 11) is 0. The van der Waals surface area contributed by atoms with Gasteiger partial charge < -0.3 is 14.8 Å². The van der Waals surface area contributed by atoms with Crippen LogP contribution in [0.25, 0.3) is 11.7 Å². The highest BCUT2D eigenvalue weighted by molar-refractivity contribution is 5.91. The van der Waals surface area contributed by atoms with Crippen molar-refractivity contribution in [3.05, 3.63) is 71.7 Å². The Morgan fingerprint density at radius 1 is 1.28 bits per heavy atom. The van der Waals surface area contributed by atoms with Crippen LogP contribution in [-0.4, -0.2) is 20.4 Å². The maximum absolute atomic E-state index is 12.0. The number of pyridine rings is 1. The van der Waals surface area contributed by atoms with Crippen molar-refractivity contribution in [2.45, 2.75) is 26.3 Å². The van der Waals surface area contributed by atoms with Gasteiger partial charge in [-0.3, -0.25) is 4.79 Å². The highest BCUT2D eigenvalue weighted by Gasteiger charge is 2.06. The normalized spacial score (nSPS) is 11.5. The maximum Gasteiger partial charge on any atom is 0.244 e. The van der Waals surface area contributed by atoms with E-state index in [9.17, 15) is 9.90 Å². The predicted octanol–water partition coefficient (Wildman–Crippen LogP) is 3.49. The van der Waals surface area contributed by atoms with E-state index in [0.29, 0.717) is 23.8 Å². The highest BCUT2D eigenvalue weighted by atomic mass is 16.3. The van der Waals surface area contributed by atoms with Gasteiger partial charge in [-0.05, 0) is 35.3 Å². The zero-order chi connectivity index (χ0) is 17.8. The van der Waals surface area contributed by atoms with Crippen LogP contribution in [0.4, 0.5) is 0 Å². The quantitative estimate of drug-likeness (QED) is 0.701. The molecule has 3 aromatic rings. The van der Waals surface area contributed by atoms with E-state index in [1.54, 1.807) is 35.0 Å². The first kappa shape index (κ1) is 16.8. The number of nitrogens with zero attached hydrogens (tertiary/aromatic N) is 2. The molecular weight excluding hydrogens is 314 g/mol. The lowest BCUT2D eigenvalue weighted by Gasteiger charge is -2.04. The van der Waals surface area contributed by atoms with E-state index >= 15 is 0 Å². The average molecular weight is 335 g/mol. The van der Waals surface area contributed by atoms with Crippen LogP contribution >= 0.6 is 0 Å². The molecule has 2 aromatic heterocycles. The monoisotopic (exact) mass is 335 g/mol. The van der Waals surface area contributed by atoms with Crippen molar-refractivity contribution in [3.8, 4) is 5.75 Å². The molecule has 2 heterocycles. The lowest BCUT2D eigenvalue weighted by Crippen LogP contribution is -2.20. The van der Waals surface area contributed by atoms with Crippen LogP contribution in [0.5, 0.6) is 5.75 Å². The largest absolute Gasteiger partial charge is 0.504 e. The third-order valence-corrected chi connectivity index (χ3v) is 3.99. The van der Waals surface area contributed by atoms with Crippen molar-refractivity contribution in [1.82, 2.24) is 14.7 Å². The molecule has 0 saturated carbocycles. The third-order valence-electron chi connectivity index (χ3n) is 3.99. The number of amides is 1. The summed E-state index contributed by atoms with van der Waals surface area (Å²) in [6.07, 6.45) is 6.88. The van der Waals surface area contributed by atoms with Crippen molar-refractivity contribution in [3.63, 3.8) is 0 Å². The summed E-state index contributed by atoms with van der Waals surface area (Å²) < 4.78 is 1.73. The summed E-state index contributed by atoms with van der Waals surface area (Å²) >= 11 is 0. The summed E-state index contributed by atoms with van der Waals surface area (Å²) in [5.74, 6) is 0.422. The van der Waals surface area contributed by atoms with Gasteiger partial charge in [-0.25, -0.2) is 4.98 Å². The molecule has 3 rings (SSSR count). The Morgan fingerprint density at radius 3 is 2.72 bits per heavy atom. The van der Waals surface area contributed by atoms with Gasteiger partial charge in [0.15, 0.2) is 11.4 Å². The Labute approximate surface area is 146 Å². The Bertz CT molecular complexity index is 908. The lowest BCUT2D eigenvalue weighted by atomic mass is 10.0. The summed E-state index contributed by atoms with van der Waals surface area (Å²) in [5.41, 5.74) is 3.42. The number of imidazole rings is 1. The van der Waals surface area contributed by atoms with E-state index in [1.807, 2.05) is 12.1 Å². The van der Waals surface area contributed by atoms with Crippen molar-refractivity contribution >= 4 is 17.6 Å². The smallest absolute Gasteiger partial charge is 0.244 e. The SMILES string of the molecule is CC(C)c1ccc(/C=C/C(=O)NCc2cn3cccc(O)c3n2)cc1. The molecule has 0 aliphatic carbocycles. The zero-order valence-electron chi connectivity index (χ0n) is 14.3. The fourth-order valence-electron chi connectivity index (χ4n) is 2.53. The number of fused-ring (bicyclic) bond motifs is 1. The van der Waals surface area contributed by atoms with Gasteiger partial charge in [0.25, 0.3) is 0 Å². The summed E-state index contributed by atoms with van der Waals surface area (Å²) in [4.78, 5) is 16.3. The fourth-order valence-corrected chi connectivity index (χ4v) is 2.53. The molecule has 5 heteroatoms. The van der Waals surface area contributed by atoms with Gasteiger partial charge in [0, 0.05) is 18.5 Å². The molecule has 128 valence electrons. The Hall–Kier alpha value is -3.08. The topological polar surface area (TPSA) is 66.6 Å². The standard InChI is InChI=1S/C20H21N3O2/c1-14(2)16-8-5-15(6-9-16)7-10-19(25)21-12-17-13-23-11-3-4-18(24)20(23)22-17/h3-11,13-14,24H,12H2,1-2H3,(H,21,25)/b10-7+. The maximum atomic E-state index is 12.0. The van der Waals surface area contributed by atoms with Crippen LogP contribution in [0.3, 0.4) is 0 Å². The van der Waals surface area contributed by atoms with Crippen LogP contribution in [-0.2, 0) is 11.3 Å². The van der Waals surface area contributed by atoms with E-state index in [4.69, 9.17) is 0 Å². The summed E-state index contributed by atoms with van der Waals surface area (Å²) in [6.45, 7) is 4.60. The van der Waals surface area contributed by atoms with E-state index in [0.717, 1.165) is 5.56 Å². The second-order valence-corrected chi connectivity index (χ2v) is 6.23. The number of benzene rings is 1. The Balaban J connectivity index is 1.59. The van der Waals surface area contributed by atoms with Gasteiger partial charge >= 0.3 is 0 Å². The van der Waals surface area contributed by atoms with Crippen LogP contribution in [0, 0.1) is 0 Å². The number of aromatic hydroxyl groups is 1. The van der Waals surface area contributed by atoms with Crippen LogP contribution in [0.2, 0.25) is 0 Å². The average Bonchev–Trinajstić information content (AvgIpc) is 3.03. The summed E-state index contributed by atoms with van der Waals surface area (Å²) in [5, 5.41) is 12.5. The first-order valence-corrected chi connectivity index (χ1v) is 8.24. The van der Waals surface area contributed by atoms with Gasteiger partial charge in [-0.15, -0.1) is 0 Å². The molecule has 1 amide bonds. The molecule has 0 unspecified atom stereocenters. The molecule has 2 N–H and O–H groups in total. The fraction of sp³-hybridized carbons (Fsp3) is 0.200.